The largest absolute Gasteiger partial charge is 0.494 e. The van der Waals surface area contributed by atoms with Crippen molar-refractivity contribution in [1.82, 2.24) is 0 Å². The van der Waals surface area contributed by atoms with E-state index in [1.807, 2.05) is 33.0 Å². The number of ether oxygens (including phenoxy) is 1. The summed E-state index contributed by atoms with van der Waals surface area (Å²) in [6, 6.07) is 13.3. The molecule has 1 saturated heterocycles. The van der Waals surface area contributed by atoms with E-state index in [2.05, 4.69) is 302 Å². The number of hydrogen-bond donors (Lipinski definition) is 0. The van der Waals surface area contributed by atoms with Crippen LogP contribution in [0.5, 0.6) is 5.75 Å². The van der Waals surface area contributed by atoms with Crippen LogP contribution in [-0.2, 0) is 19.1 Å². The van der Waals surface area contributed by atoms with Crippen LogP contribution in [-0.4, -0.2) is 50.1 Å². The first kappa shape index (κ1) is 62.1. The molecule has 1 heterocycles. The van der Waals surface area contributed by atoms with Gasteiger partial charge in [-0.25, -0.2) is 9.78 Å². The van der Waals surface area contributed by atoms with E-state index < -0.39 is 7.12 Å². The number of rotatable bonds is 11. The average molecular weight is 1000 g/mol. The molecule has 3 unspecified atom stereocenters. The molecular weight excluding hydrogens is 970 g/mol. The van der Waals surface area contributed by atoms with E-state index in [0.29, 0.717) is 38.0 Å². The highest BCUT2D eigenvalue weighted by atomic mass is 17.2. The van der Waals surface area contributed by atoms with Crippen molar-refractivity contribution in [2.45, 2.75) is 57.8 Å². The SMILES string of the molecule is C#CC#CC#CC#CC#CC#CC#CC#CC#COc1ccc(B2OC(C)CC(CC(CC)OOCCC[N+](C)(C#CC#CC#CC#CC#CC#CC#CC#CC#C)C#CC#CC#CC#CC#CC#CC#CC#CC#C)O2)cc1. The van der Waals surface area contributed by atoms with Crippen LogP contribution in [0.3, 0.4) is 0 Å². The molecule has 0 saturated carbocycles. The molecule has 0 amide bonds. The molecule has 2 rings (SSSR count). The van der Waals surface area contributed by atoms with Crippen molar-refractivity contribution in [2.75, 3.05) is 20.2 Å². The maximum absolute atomic E-state index is 6.38. The third kappa shape index (κ3) is 35.7. The summed E-state index contributed by atoms with van der Waals surface area (Å²) in [5.74, 6) is 121. The van der Waals surface area contributed by atoms with Crippen molar-refractivity contribution in [3.8, 4) is 327 Å². The molecule has 6 nitrogen and oxygen atoms in total. The van der Waals surface area contributed by atoms with Crippen LogP contribution in [0.2, 0.25) is 0 Å². The summed E-state index contributed by atoms with van der Waals surface area (Å²) >= 11 is 0. The summed E-state index contributed by atoms with van der Waals surface area (Å²) in [5, 5.41) is 0. The van der Waals surface area contributed by atoms with Crippen molar-refractivity contribution in [2.24, 2.45) is 0 Å². The van der Waals surface area contributed by atoms with E-state index >= 15 is 0 Å². The van der Waals surface area contributed by atoms with Gasteiger partial charge in [0.15, 0.2) is 12.1 Å². The van der Waals surface area contributed by atoms with E-state index in [9.17, 15) is 0 Å². The molecule has 1 aliphatic heterocycles. The van der Waals surface area contributed by atoms with Gasteiger partial charge in [0, 0.05) is 155 Å². The monoisotopic (exact) mass is 1000 g/mol. The molecule has 7 heteroatoms. The van der Waals surface area contributed by atoms with Gasteiger partial charge in [0.2, 0.25) is 0 Å². The summed E-state index contributed by atoms with van der Waals surface area (Å²) in [6.45, 7) is 4.71. The van der Waals surface area contributed by atoms with Crippen LogP contribution in [0.15, 0.2) is 24.3 Å². The molecule has 1 aromatic carbocycles. The minimum Gasteiger partial charge on any atom is -0.407 e. The van der Waals surface area contributed by atoms with Gasteiger partial charge in [-0.3, -0.25) is 0 Å². The second kappa shape index (κ2) is 44.9. The molecule has 356 valence electrons. The van der Waals surface area contributed by atoms with Gasteiger partial charge < -0.3 is 14.0 Å². The highest BCUT2D eigenvalue weighted by Crippen LogP contribution is 2.23. The third-order valence-corrected chi connectivity index (χ3v) is 8.10. The Kier molecular flexibility index (Phi) is 35.3. The van der Waals surface area contributed by atoms with E-state index in [4.69, 9.17) is 43.1 Å². The highest BCUT2D eigenvalue weighted by molar-refractivity contribution is 6.61. The molecule has 1 fully saturated rings. The van der Waals surface area contributed by atoms with Gasteiger partial charge in [0.25, 0.3) is 0 Å². The fraction of sp³-hybridized carbons (Fsp3) is 0.167. The maximum atomic E-state index is 6.38. The average Bonchev–Trinajstić information content (AvgIpc) is 3.45. The Bertz CT molecular complexity index is 4120. The van der Waals surface area contributed by atoms with Crippen LogP contribution in [0.4, 0.5) is 0 Å². The van der Waals surface area contributed by atoms with Crippen LogP contribution in [0.25, 0.3) is 0 Å². The van der Waals surface area contributed by atoms with Crippen LogP contribution in [0.1, 0.15) is 39.5 Å². The predicted octanol–water partition coefficient (Wildman–Crippen LogP) is 2.76. The number of nitrogens with zero attached hydrogens (tertiary/aromatic N) is 1. The molecule has 0 aliphatic carbocycles. The zero-order valence-corrected chi connectivity index (χ0v) is 42.6. The minimum absolute atomic E-state index is 0.0451. The lowest BCUT2D eigenvalue weighted by Gasteiger charge is -2.34. The normalized spacial score (nSPS) is 10.2. The molecule has 3 atom stereocenters. The van der Waals surface area contributed by atoms with Crippen LogP contribution >= 0.6 is 0 Å². The van der Waals surface area contributed by atoms with E-state index in [-0.39, 0.29) is 29.4 Å². The summed E-state index contributed by atoms with van der Waals surface area (Å²) in [7, 11) is 1.21. The fourth-order valence-electron chi connectivity index (χ4n) is 4.93. The second-order valence-corrected chi connectivity index (χ2v) is 13.8. The lowest BCUT2D eigenvalue weighted by atomic mass is 9.76. The van der Waals surface area contributed by atoms with Gasteiger partial charge in [-0.1, -0.05) is 19.1 Å². The number of hydrogen-bond acceptors (Lipinski definition) is 5. The molecule has 79 heavy (non-hydrogen) atoms. The van der Waals surface area contributed by atoms with Crippen molar-refractivity contribution in [3.63, 3.8) is 0 Å². The Hall–Kier alpha value is -13.0. The lowest BCUT2D eigenvalue weighted by molar-refractivity contribution is -0.773. The maximum Gasteiger partial charge on any atom is 0.494 e. The van der Waals surface area contributed by atoms with Crippen molar-refractivity contribution in [3.05, 3.63) is 24.3 Å². The molecule has 1 aromatic rings. The summed E-state index contributed by atoms with van der Waals surface area (Å²) in [4.78, 5) is 11.6. The zero-order chi connectivity index (χ0) is 56.6. The minimum atomic E-state index is -0.597. The topological polar surface area (TPSA) is 46.2 Å². The molecule has 0 N–H and O–H groups in total. The summed E-state index contributed by atoms with van der Waals surface area (Å²) in [5.41, 5.74) is 0.815. The van der Waals surface area contributed by atoms with Crippen molar-refractivity contribution < 1.29 is 28.3 Å². The third-order valence-electron chi connectivity index (χ3n) is 8.10. The van der Waals surface area contributed by atoms with Gasteiger partial charge in [-0.2, -0.15) is 4.48 Å². The first-order chi connectivity index (χ1) is 38.9. The van der Waals surface area contributed by atoms with Gasteiger partial charge in [0.05, 0.1) is 31.6 Å². The van der Waals surface area contributed by atoms with Gasteiger partial charge >= 0.3 is 7.12 Å². The predicted molar refractivity (Wildman–Crippen MR) is 307 cm³/mol. The first-order valence-electron chi connectivity index (χ1n) is 22.6. The first-order valence-corrected chi connectivity index (χ1v) is 22.6. The van der Waals surface area contributed by atoms with E-state index in [1.165, 1.54) is 0 Å². The van der Waals surface area contributed by atoms with E-state index in [1.54, 1.807) is 12.1 Å². The lowest BCUT2D eigenvalue weighted by Crippen LogP contribution is -2.48. The fourth-order valence-corrected chi connectivity index (χ4v) is 4.93. The Morgan fingerprint density at radius 3 is 1.19 bits per heavy atom. The number of terminal acetylenes is 3. The molecule has 0 bridgehead atoms. The number of benzene rings is 1. The van der Waals surface area contributed by atoms with Crippen LogP contribution < -0.4 is 10.2 Å². The summed E-state index contributed by atoms with van der Waals surface area (Å²) < 4.78 is 18.0. The standard InChI is InChI=1S/C72H31BNO5/c1-7-11-14-17-20-23-26-29-32-35-38-41-44-47-50-53-61-74(6,62-54-51-48-45-42-39-36-33-30-27-24-21-18-15-12-8-2)63-56-65-76-79-70(10-4)67-72-66-68(5)77-73(78-72)69-57-59-71(60-58-69)75-64-55-52-49-46-43-40-37-34-31-28-25-22-19-16-13-9-3/h1-3,57-60,68,70,72H,10,56,63,65-67H2,4-6H3/q+1. The zero-order valence-electron chi connectivity index (χ0n) is 42.6. The summed E-state index contributed by atoms with van der Waals surface area (Å²) in [6.07, 6.45) is 19.5. The Morgan fingerprint density at radius 2 is 0.835 bits per heavy atom. The van der Waals surface area contributed by atoms with Gasteiger partial charge in [-0.05, 0) is 179 Å². The highest BCUT2D eigenvalue weighted by Gasteiger charge is 2.35. The quantitative estimate of drug-likeness (QED) is 0.0854. The van der Waals surface area contributed by atoms with E-state index in [0.717, 1.165) is 5.46 Å². The molecule has 0 aromatic heterocycles. The van der Waals surface area contributed by atoms with Crippen molar-refractivity contribution in [1.29, 1.82) is 0 Å². The van der Waals surface area contributed by atoms with Gasteiger partial charge in [0.1, 0.15) is 18.4 Å². The molecular formula is C72H31BNO5+. The Labute approximate surface area is 468 Å². The van der Waals surface area contributed by atoms with Crippen LogP contribution in [0, 0.1) is 322 Å². The second-order valence-electron chi connectivity index (χ2n) is 13.8. The molecule has 0 radical (unpaired) electrons. The number of quaternary nitrogens is 1. The Balaban J connectivity index is 2.03. The molecule has 1 aliphatic rings. The van der Waals surface area contributed by atoms with Gasteiger partial charge in [-0.15, -0.1) is 19.3 Å². The molecule has 0 spiro atoms. The smallest absolute Gasteiger partial charge is 0.407 e. The Morgan fingerprint density at radius 1 is 0.494 bits per heavy atom. The van der Waals surface area contributed by atoms with Crippen molar-refractivity contribution >= 4 is 12.6 Å².